The van der Waals surface area contributed by atoms with E-state index >= 15 is 0 Å². The van der Waals surface area contributed by atoms with Gasteiger partial charge in [0.1, 0.15) is 5.82 Å². The zero-order chi connectivity index (χ0) is 12.8. The Hall–Kier alpha value is -0.980. The van der Waals surface area contributed by atoms with E-state index in [9.17, 15) is 13.2 Å². The molecule has 0 aliphatic rings. The van der Waals surface area contributed by atoms with Gasteiger partial charge in [0.25, 0.3) is 0 Å². The smallest absolute Gasteiger partial charge is 0.340 e. The topological polar surface area (TPSA) is 54.7 Å². The second-order valence-corrected chi connectivity index (χ2v) is 4.24. The Morgan fingerprint density at radius 3 is 2.41 bits per heavy atom. The molecule has 0 saturated carbocycles. The van der Waals surface area contributed by atoms with Crippen molar-refractivity contribution in [3.8, 4) is 0 Å². The molecule has 1 aromatic carbocycles. The van der Waals surface area contributed by atoms with Gasteiger partial charge in [0.05, 0.1) is 21.1 Å². The number of hydrogen-bond acceptors (Lipinski definition) is 2. The first-order valence-electron chi connectivity index (χ1n) is 4.46. The van der Waals surface area contributed by atoms with Crippen molar-refractivity contribution < 1.29 is 13.2 Å². The lowest BCUT2D eigenvalue weighted by atomic mass is 10.3. The van der Waals surface area contributed by atoms with Crippen LogP contribution in [0.25, 0.3) is 11.0 Å². The van der Waals surface area contributed by atoms with Crippen molar-refractivity contribution >= 4 is 34.2 Å². The molecule has 3 N–H and O–H groups in total. The average molecular weight is 284 g/mol. The normalized spacial score (nSPS) is 14.2. The van der Waals surface area contributed by atoms with Crippen LogP contribution in [0.2, 0.25) is 10.0 Å². The number of fused-ring (bicyclic) bond motifs is 1. The minimum absolute atomic E-state index is 0.220. The van der Waals surface area contributed by atoms with Crippen molar-refractivity contribution in [2.45, 2.75) is 12.2 Å². The maximum absolute atomic E-state index is 12.4. The first kappa shape index (κ1) is 12.5. The molecule has 8 heteroatoms. The number of nitrogens with two attached hydrogens (primary N) is 1. The first-order valence-corrected chi connectivity index (χ1v) is 5.21. The molecule has 0 aliphatic heterocycles. The Balaban J connectivity index is 2.52. The van der Waals surface area contributed by atoms with Gasteiger partial charge in [-0.05, 0) is 12.1 Å². The minimum atomic E-state index is -4.55. The molecule has 0 amide bonds. The number of aromatic nitrogens is 2. The summed E-state index contributed by atoms with van der Waals surface area (Å²) >= 11 is 11.5. The third kappa shape index (κ3) is 2.34. The Morgan fingerprint density at radius 1 is 1.24 bits per heavy atom. The van der Waals surface area contributed by atoms with E-state index in [4.69, 9.17) is 28.9 Å². The van der Waals surface area contributed by atoms with E-state index in [1.165, 1.54) is 12.1 Å². The largest absolute Gasteiger partial charge is 0.410 e. The summed E-state index contributed by atoms with van der Waals surface area (Å²) < 4.78 is 37.2. The third-order valence-corrected chi connectivity index (χ3v) is 2.91. The minimum Gasteiger partial charge on any atom is -0.340 e. The Labute approximate surface area is 104 Å². The second kappa shape index (κ2) is 4.04. The number of rotatable bonds is 1. The lowest BCUT2D eigenvalue weighted by molar-refractivity contribution is -0.150. The Morgan fingerprint density at radius 2 is 1.82 bits per heavy atom. The molecule has 0 fully saturated rings. The van der Waals surface area contributed by atoms with Crippen LogP contribution in [0.1, 0.15) is 11.9 Å². The van der Waals surface area contributed by atoms with E-state index in [2.05, 4.69) is 9.97 Å². The van der Waals surface area contributed by atoms with E-state index in [0.29, 0.717) is 5.52 Å². The monoisotopic (exact) mass is 283 g/mol. The molecule has 1 aromatic heterocycles. The highest BCUT2D eigenvalue weighted by atomic mass is 35.5. The summed E-state index contributed by atoms with van der Waals surface area (Å²) in [7, 11) is 0. The molecule has 2 aromatic rings. The number of hydrogen-bond donors (Lipinski definition) is 2. The van der Waals surface area contributed by atoms with Gasteiger partial charge < -0.3 is 10.7 Å². The predicted molar refractivity (Wildman–Crippen MR) is 59.1 cm³/mol. The number of nitrogens with zero attached hydrogens (tertiary/aromatic N) is 1. The third-order valence-electron chi connectivity index (χ3n) is 2.19. The summed E-state index contributed by atoms with van der Waals surface area (Å²) in [6, 6.07) is 0.619. The molecule has 0 radical (unpaired) electrons. The summed E-state index contributed by atoms with van der Waals surface area (Å²) in [4.78, 5) is 6.21. The molecular formula is C9H6Cl2F3N3. The van der Waals surface area contributed by atoms with Crippen LogP contribution in [-0.4, -0.2) is 16.1 Å². The van der Waals surface area contributed by atoms with Crippen LogP contribution in [0.5, 0.6) is 0 Å². The maximum atomic E-state index is 12.4. The van der Waals surface area contributed by atoms with Crippen LogP contribution in [0.3, 0.4) is 0 Å². The van der Waals surface area contributed by atoms with E-state index < -0.39 is 12.2 Å². The van der Waals surface area contributed by atoms with E-state index in [-0.39, 0.29) is 21.4 Å². The highest BCUT2D eigenvalue weighted by molar-refractivity contribution is 6.42. The zero-order valence-electron chi connectivity index (χ0n) is 8.15. The van der Waals surface area contributed by atoms with Gasteiger partial charge in [-0.3, -0.25) is 0 Å². The Bertz CT molecular complexity index is 525. The van der Waals surface area contributed by atoms with Crippen molar-refractivity contribution in [3.63, 3.8) is 0 Å². The summed E-state index contributed by atoms with van der Waals surface area (Å²) in [6.07, 6.45) is -4.55. The van der Waals surface area contributed by atoms with Crippen LogP contribution in [0.4, 0.5) is 13.2 Å². The van der Waals surface area contributed by atoms with Crippen molar-refractivity contribution in [2.24, 2.45) is 5.73 Å². The van der Waals surface area contributed by atoms with Crippen molar-refractivity contribution in [3.05, 3.63) is 28.0 Å². The molecule has 2 rings (SSSR count). The van der Waals surface area contributed by atoms with Gasteiger partial charge in [-0.15, -0.1) is 0 Å². The fourth-order valence-electron chi connectivity index (χ4n) is 1.33. The fraction of sp³-hybridized carbons (Fsp3) is 0.222. The number of H-pyrrole nitrogens is 1. The van der Waals surface area contributed by atoms with Gasteiger partial charge in [0.15, 0.2) is 6.04 Å². The number of alkyl halides is 3. The average Bonchev–Trinajstić information content (AvgIpc) is 2.59. The van der Waals surface area contributed by atoms with Gasteiger partial charge in [0, 0.05) is 0 Å². The molecule has 1 heterocycles. The molecule has 92 valence electrons. The quantitative estimate of drug-likeness (QED) is 0.842. The molecule has 0 aliphatic carbocycles. The highest BCUT2D eigenvalue weighted by Gasteiger charge is 2.39. The van der Waals surface area contributed by atoms with Crippen LogP contribution in [0, 0.1) is 0 Å². The summed E-state index contributed by atoms with van der Waals surface area (Å²) in [6.45, 7) is 0. The van der Waals surface area contributed by atoms with Gasteiger partial charge in [0.2, 0.25) is 0 Å². The van der Waals surface area contributed by atoms with Gasteiger partial charge in [-0.2, -0.15) is 13.2 Å². The standard InChI is InChI=1S/C9H6Cl2F3N3/c10-3-1-5-6(2-4(3)11)17-8(16-5)7(15)9(12,13)14/h1-2,7H,15H2,(H,16,17)/t7-/m0/s1. The van der Waals surface area contributed by atoms with Crippen LogP contribution >= 0.6 is 23.2 Å². The predicted octanol–water partition coefficient (Wildman–Crippen LogP) is 3.43. The van der Waals surface area contributed by atoms with Crippen LogP contribution in [0.15, 0.2) is 12.1 Å². The molecule has 1 atom stereocenters. The SMILES string of the molecule is N[C@@H](c1nc2cc(Cl)c(Cl)cc2[nH]1)C(F)(F)F. The van der Waals surface area contributed by atoms with Crippen LogP contribution < -0.4 is 5.73 Å². The summed E-state index contributed by atoms with van der Waals surface area (Å²) in [5.74, 6) is -0.370. The van der Waals surface area contributed by atoms with E-state index in [1.54, 1.807) is 0 Å². The molecule has 17 heavy (non-hydrogen) atoms. The van der Waals surface area contributed by atoms with Gasteiger partial charge >= 0.3 is 6.18 Å². The molecular weight excluding hydrogens is 278 g/mol. The van der Waals surface area contributed by atoms with Crippen molar-refractivity contribution in [2.75, 3.05) is 0 Å². The Kier molecular flexibility index (Phi) is 2.97. The number of aromatic amines is 1. The van der Waals surface area contributed by atoms with Crippen molar-refractivity contribution in [1.29, 1.82) is 0 Å². The van der Waals surface area contributed by atoms with Gasteiger partial charge in [-0.25, -0.2) is 4.98 Å². The molecule has 0 saturated heterocycles. The van der Waals surface area contributed by atoms with Crippen molar-refractivity contribution in [1.82, 2.24) is 9.97 Å². The van der Waals surface area contributed by atoms with Gasteiger partial charge in [-0.1, -0.05) is 23.2 Å². The number of imidazole rings is 1. The number of halogens is 5. The summed E-state index contributed by atoms with van der Waals surface area (Å²) in [5, 5.41) is 0.452. The summed E-state index contributed by atoms with van der Waals surface area (Å²) in [5.41, 5.74) is 5.67. The number of benzene rings is 1. The lowest BCUT2D eigenvalue weighted by Gasteiger charge is -2.12. The molecule has 0 bridgehead atoms. The zero-order valence-corrected chi connectivity index (χ0v) is 9.66. The molecule has 0 spiro atoms. The molecule has 3 nitrogen and oxygen atoms in total. The lowest BCUT2D eigenvalue weighted by Crippen LogP contribution is -2.29. The fourth-order valence-corrected chi connectivity index (χ4v) is 1.65. The molecule has 0 unspecified atom stereocenters. The maximum Gasteiger partial charge on any atom is 0.410 e. The van der Waals surface area contributed by atoms with E-state index in [0.717, 1.165) is 0 Å². The highest BCUT2D eigenvalue weighted by Crippen LogP contribution is 2.32. The van der Waals surface area contributed by atoms with Crippen LogP contribution in [-0.2, 0) is 0 Å². The first-order chi connectivity index (χ1) is 7.79. The van der Waals surface area contributed by atoms with E-state index in [1.807, 2.05) is 0 Å². The number of nitrogens with one attached hydrogen (secondary N) is 1. The second-order valence-electron chi connectivity index (χ2n) is 3.42.